The number of ether oxygens (including phenoxy) is 2. The molecule has 2 fully saturated rings. The Morgan fingerprint density at radius 1 is 1.20 bits per heavy atom. The van der Waals surface area contributed by atoms with Crippen molar-refractivity contribution in [1.82, 2.24) is 5.32 Å². The summed E-state index contributed by atoms with van der Waals surface area (Å²) in [6, 6.07) is 0.503. The zero-order chi connectivity index (χ0) is 14.2. The quantitative estimate of drug-likeness (QED) is 0.717. The molecule has 1 heterocycles. The lowest BCUT2D eigenvalue weighted by molar-refractivity contribution is -0.0173. The van der Waals surface area contributed by atoms with Crippen LogP contribution in [0.4, 0.5) is 0 Å². The van der Waals surface area contributed by atoms with Crippen molar-refractivity contribution in [1.29, 1.82) is 0 Å². The fraction of sp³-hybridized carbons (Fsp3) is 1.00. The molecule has 4 nitrogen and oxygen atoms in total. The van der Waals surface area contributed by atoms with Crippen molar-refractivity contribution in [2.45, 2.75) is 70.1 Å². The lowest BCUT2D eigenvalue weighted by Crippen LogP contribution is -2.40. The Bertz CT molecular complexity index is 250. The molecule has 1 aliphatic heterocycles. The lowest BCUT2D eigenvalue weighted by atomic mass is 9.84. The van der Waals surface area contributed by atoms with Crippen molar-refractivity contribution in [2.75, 3.05) is 26.4 Å². The zero-order valence-corrected chi connectivity index (χ0v) is 12.9. The van der Waals surface area contributed by atoms with E-state index in [-0.39, 0.29) is 6.10 Å². The molecule has 3 atom stereocenters. The topological polar surface area (TPSA) is 50.7 Å². The minimum absolute atomic E-state index is 0.247. The maximum absolute atomic E-state index is 9.94. The molecule has 0 amide bonds. The number of hydrogen-bond donors (Lipinski definition) is 2. The first kappa shape index (κ1) is 16.2. The Morgan fingerprint density at radius 3 is 2.70 bits per heavy atom. The number of hydrogen-bond acceptors (Lipinski definition) is 4. The van der Waals surface area contributed by atoms with E-state index in [2.05, 4.69) is 12.2 Å². The van der Waals surface area contributed by atoms with Crippen LogP contribution in [-0.2, 0) is 9.47 Å². The van der Waals surface area contributed by atoms with E-state index in [4.69, 9.17) is 9.47 Å². The van der Waals surface area contributed by atoms with Gasteiger partial charge in [-0.25, -0.2) is 0 Å². The molecule has 0 aromatic rings. The summed E-state index contributed by atoms with van der Waals surface area (Å²) in [5, 5.41) is 13.4. The van der Waals surface area contributed by atoms with Crippen LogP contribution in [0.1, 0.15) is 51.9 Å². The first-order valence-electron chi connectivity index (χ1n) is 8.36. The largest absolute Gasteiger partial charge is 0.389 e. The lowest BCUT2D eigenvalue weighted by Gasteiger charge is -2.29. The fourth-order valence-electron chi connectivity index (χ4n) is 3.29. The second-order valence-electron chi connectivity index (χ2n) is 6.42. The van der Waals surface area contributed by atoms with Gasteiger partial charge in [0.05, 0.1) is 25.4 Å². The Hall–Kier alpha value is -0.160. The summed E-state index contributed by atoms with van der Waals surface area (Å²) >= 11 is 0. The van der Waals surface area contributed by atoms with E-state index in [0.717, 1.165) is 25.4 Å². The van der Waals surface area contributed by atoms with Crippen LogP contribution in [0.15, 0.2) is 0 Å². The summed E-state index contributed by atoms with van der Waals surface area (Å²) in [4.78, 5) is 0. The third-order valence-electron chi connectivity index (χ3n) is 4.67. The van der Waals surface area contributed by atoms with Gasteiger partial charge in [0.2, 0.25) is 0 Å². The molecule has 2 N–H and O–H groups in total. The molecule has 0 aromatic heterocycles. The van der Waals surface area contributed by atoms with E-state index in [9.17, 15) is 5.11 Å². The predicted octanol–water partition coefficient (Wildman–Crippen LogP) is 2.10. The molecular weight excluding hydrogens is 254 g/mol. The number of nitrogens with one attached hydrogen (secondary N) is 1. The van der Waals surface area contributed by atoms with Crippen molar-refractivity contribution in [3.8, 4) is 0 Å². The minimum atomic E-state index is -0.414. The molecule has 20 heavy (non-hydrogen) atoms. The molecule has 0 bridgehead atoms. The molecule has 2 rings (SSSR count). The van der Waals surface area contributed by atoms with E-state index in [1.165, 1.54) is 32.1 Å². The molecule has 2 aliphatic rings. The van der Waals surface area contributed by atoms with E-state index >= 15 is 0 Å². The van der Waals surface area contributed by atoms with Gasteiger partial charge in [-0.2, -0.15) is 0 Å². The Morgan fingerprint density at radius 2 is 2.00 bits per heavy atom. The van der Waals surface area contributed by atoms with Gasteiger partial charge in [0.1, 0.15) is 0 Å². The van der Waals surface area contributed by atoms with Crippen LogP contribution in [0.5, 0.6) is 0 Å². The van der Waals surface area contributed by atoms with Gasteiger partial charge in [-0.1, -0.05) is 19.3 Å². The molecule has 0 radical (unpaired) electrons. The van der Waals surface area contributed by atoms with Crippen LogP contribution in [-0.4, -0.2) is 49.7 Å². The van der Waals surface area contributed by atoms with E-state index in [1.807, 2.05) is 0 Å². The summed E-state index contributed by atoms with van der Waals surface area (Å²) in [7, 11) is 0. The van der Waals surface area contributed by atoms with Crippen molar-refractivity contribution < 1.29 is 14.6 Å². The highest BCUT2D eigenvalue weighted by atomic mass is 16.5. The average molecular weight is 285 g/mol. The molecule has 118 valence electrons. The highest BCUT2D eigenvalue weighted by Gasteiger charge is 2.20. The monoisotopic (exact) mass is 285 g/mol. The van der Waals surface area contributed by atoms with Crippen molar-refractivity contribution in [3.63, 3.8) is 0 Å². The van der Waals surface area contributed by atoms with Crippen LogP contribution in [0, 0.1) is 5.92 Å². The second-order valence-corrected chi connectivity index (χ2v) is 6.42. The zero-order valence-electron chi connectivity index (χ0n) is 12.9. The van der Waals surface area contributed by atoms with Gasteiger partial charge in [-0.15, -0.1) is 0 Å². The first-order chi connectivity index (χ1) is 9.75. The molecular formula is C16H31NO3. The van der Waals surface area contributed by atoms with Crippen molar-refractivity contribution in [2.24, 2.45) is 5.92 Å². The van der Waals surface area contributed by atoms with Gasteiger partial charge in [0.15, 0.2) is 0 Å². The van der Waals surface area contributed by atoms with Gasteiger partial charge >= 0.3 is 0 Å². The van der Waals surface area contributed by atoms with Crippen molar-refractivity contribution in [3.05, 3.63) is 0 Å². The molecule has 1 aliphatic carbocycles. The standard InChI is InChI=1S/C16H31NO3/c1-13(14-6-3-2-4-7-14)17-10-15(18)11-19-12-16-8-5-9-20-16/h13-18H,2-12H2,1H3/t13-,15?,16?/m0/s1. The Kier molecular flexibility index (Phi) is 7.28. The molecule has 0 spiro atoms. The third kappa shape index (κ3) is 5.68. The number of aliphatic hydroxyl groups is 1. The van der Waals surface area contributed by atoms with Gasteiger partial charge in [0.25, 0.3) is 0 Å². The molecule has 4 heteroatoms. The Balaban J connectivity index is 1.51. The average Bonchev–Trinajstić information content (AvgIpc) is 2.99. The van der Waals surface area contributed by atoms with E-state index in [1.54, 1.807) is 0 Å². The first-order valence-corrected chi connectivity index (χ1v) is 8.36. The van der Waals surface area contributed by atoms with Crippen LogP contribution in [0.2, 0.25) is 0 Å². The molecule has 1 saturated heterocycles. The minimum Gasteiger partial charge on any atom is -0.389 e. The number of aliphatic hydroxyl groups excluding tert-OH is 1. The third-order valence-corrected chi connectivity index (χ3v) is 4.67. The fourth-order valence-corrected chi connectivity index (χ4v) is 3.29. The summed E-state index contributed by atoms with van der Waals surface area (Å²) in [5.74, 6) is 0.781. The van der Waals surface area contributed by atoms with Gasteiger partial charge in [-0.05, 0) is 38.5 Å². The molecule has 0 aromatic carbocycles. The summed E-state index contributed by atoms with van der Waals surface area (Å²) in [6.45, 7) is 4.76. The second kappa shape index (κ2) is 8.98. The van der Waals surface area contributed by atoms with Crippen LogP contribution in [0.25, 0.3) is 0 Å². The summed E-state index contributed by atoms with van der Waals surface area (Å²) in [6.07, 6.45) is 8.85. The van der Waals surface area contributed by atoms with E-state index < -0.39 is 6.10 Å². The van der Waals surface area contributed by atoms with Gasteiger partial charge in [0, 0.05) is 19.2 Å². The number of rotatable bonds is 8. The SMILES string of the molecule is C[C@H](NCC(O)COCC1CCCO1)C1CCCCC1. The molecule has 2 unspecified atom stereocenters. The predicted molar refractivity (Wildman–Crippen MR) is 79.8 cm³/mol. The van der Waals surface area contributed by atoms with Gasteiger partial charge < -0.3 is 19.9 Å². The Labute approximate surface area is 123 Å². The highest BCUT2D eigenvalue weighted by Crippen LogP contribution is 2.26. The summed E-state index contributed by atoms with van der Waals surface area (Å²) < 4.78 is 11.0. The van der Waals surface area contributed by atoms with Crippen LogP contribution in [0.3, 0.4) is 0 Å². The maximum Gasteiger partial charge on any atom is 0.0897 e. The van der Waals surface area contributed by atoms with Crippen LogP contribution < -0.4 is 5.32 Å². The summed E-state index contributed by atoms with van der Waals surface area (Å²) in [5.41, 5.74) is 0. The molecule has 1 saturated carbocycles. The highest BCUT2D eigenvalue weighted by molar-refractivity contribution is 4.77. The van der Waals surface area contributed by atoms with Gasteiger partial charge in [-0.3, -0.25) is 0 Å². The van der Waals surface area contributed by atoms with Crippen LogP contribution >= 0.6 is 0 Å². The normalized spacial score (nSPS) is 27.6. The maximum atomic E-state index is 9.94. The van der Waals surface area contributed by atoms with Crippen molar-refractivity contribution >= 4 is 0 Å². The smallest absolute Gasteiger partial charge is 0.0897 e. The van der Waals surface area contributed by atoms with E-state index in [0.29, 0.717) is 25.8 Å².